The molecule has 6 nitrogen and oxygen atoms in total. The average molecular weight is 331 g/mol. The lowest BCUT2D eigenvalue weighted by Crippen LogP contribution is -2.46. The van der Waals surface area contributed by atoms with Gasteiger partial charge in [0.05, 0.1) is 11.4 Å². The van der Waals surface area contributed by atoms with E-state index in [1.165, 1.54) is 11.3 Å². The first-order chi connectivity index (χ1) is 11.0. The fourth-order valence-electron chi connectivity index (χ4n) is 1.79. The quantitative estimate of drug-likeness (QED) is 0.743. The third-order valence-corrected chi connectivity index (χ3v) is 4.11. The van der Waals surface area contributed by atoms with Crippen LogP contribution in [0.3, 0.4) is 0 Å². The number of benzene rings is 1. The lowest BCUT2D eigenvalue weighted by atomic mass is 10.1. The number of hydrazine groups is 1. The zero-order valence-electron chi connectivity index (χ0n) is 12.8. The molecule has 0 fully saturated rings. The molecule has 1 aromatic heterocycles. The zero-order valence-corrected chi connectivity index (χ0v) is 13.6. The fraction of sp³-hybridized carbons (Fsp3) is 0.188. The maximum absolute atomic E-state index is 12.0. The van der Waals surface area contributed by atoms with Crippen LogP contribution < -0.4 is 16.2 Å². The number of rotatable bonds is 4. The number of hydrogen-bond donors (Lipinski definition) is 3. The Balaban J connectivity index is 1.78. The number of aryl methyl sites for hydroxylation is 2. The molecule has 0 atom stereocenters. The van der Waals surface area contributed by atoms with Crippen LogP contribution in [-0.2, 0) is 4.79 Å². The Morgan fingerprint density at radius 2 is 1.78 bits per heavy atom. The monoisotopic (exact) mass is 331 g/mol. The van der Waals surface area contributed by atoms with Crippen LogP contribution in [0.15, 0.2) is 35.7 Å². The average Bonchev–Trinajstić information content (AvgIpc) is 3.07. The fourth-order valence-corrected chi connectivity index (χ4v) is 2.40. The normalized spacial score (nSPS) is 10.0. The summed E-state index contributed by atoms with van der Waals surface area (Å²) in [5, 5.41) is 4.27. The van der Waals surface area contributed by atoms with Gasteiger partial charge in [-0.1, -0.05) is 12.1 Å². The smallest absolute Gasteiger partial charge is 0.279 e. The first-order valence-corrected chi connectivity index (χ1v) is 7.83. The Bertz CT molecular complexity index is 726. The van der Waals surface area contributed by atoms with Gasteiger partial charge in [0.1, 0.15) is 0 Å². The number of carbonyl (C=O) groups is 3. The molecule has 3 amide bonds. The van der Waals surface area contributed by atoms with Gasteiger partial charge in [-0.3, -0.25) is 25.2 Å². The second kappa shape index (κ2) is 7.55. The van der Waals surface area contributed by atoms with Crippen molar-refractivity contribution >= 4 is 29.1 Å². The van der Waals surface area contributed by atoms with Crippen molar-refractivity contribution < 1.29 is 14.4 Å². The van der Waals surface area contributed by atoms with E-state index in [1.807, 2.05) is 19.9 Å². The molecular weight excluding hydrogens is 314 g/mol. The van der Waals surface area contributed by atoms with Crippen LogP contribution in [0.25, 0.3) is 0 Å². The third kappa shape index (κ3) is 4.65. The van der Waals surface area contributed by atoms with Gasteiger partial charge >= 0.3 is 0 Å². The highest BCUT2D eigenvalue weighted by Crippen LogP contribution is 2.09. The van der Waals surface area contributed by atoms with E-state index in [-0.39, 0.29) is 12.5 Å². The highest BCUT2D eigenvalue weighted by atomic mass is 32.1. The summed E-state index contributed by atoms with van der Waals surface area (Å²) in [5.74, 6) is -1.24. The van der Waals surface area contributed by atoms with Gasteiger partial charge in [0.25, 0.3) is 17.7 Å². The Kier molecular flexibility index (Phi) is 5.48. The van der Waals surface area contributed by atoms with Crippen molar-refractivity contribution in [2.75, 3.05) is 6.54 Å². The number of carbonyl (C=O) groups excluding carboxylic acids is 3. The molecule has 3 N–H and O–H groups in total. The van der Waals surface area contributed by atoms with E-state index in [9.17, 15) is 14.4 Å². The van der Waals surface area contributed by atoms with Gasteiger partial charge in [-0.15, -0.1) is 11.3 Å². The predicted octanol–water partition coefficient (Wildman–Crippen LogP) is 1.56. The van der Waals surface area contributed by atoms with Gasteiger partial charge in [-0.05, 0) is 48.6 Å². The van der Waals surface area contributed by atoms with E-state index < -0.39 is 11.8 Å². The van der Waals surface area contributed by atoms with Gasteiger partial charge in [-0.2, -0.15) is 0 Å². The number of amides is 3. The zero-order chi connectivity index (χ0) is 16.8. The summed E-state index contributed by atoms with van der Waals surface area (Å²) in [7, 11) is 0. The molecule has 0 unspecified atom stereocenters. The predicted molar refractivity (Wildman–Crippen MR) is 88.2 cm³/mol. The minimum atomic E-state index is -0.507. The topological polar surface area (TPSA) is 87.3 Å². The molecule has 0 spiro atoms. The van der Waals surface area contributed by atoms with E-state index in [4.69, 9.17) is 0 Å². The Morgan fingerprint density at radius 1 is 1.00 bits per heavy atom. The minimum absolute atomic E-state index is 0.226. The highest BCUT2D eigenvalue weighted by Gasteiger charge is 2.10. The van der Waals surface area contributed by atoms with Crippen LogP contribution in [0.4, 0.5) is 0 Å². The van der Waals surface area contributed by atoms with Crippen molar-refractivity contribution in [3.05, 3.63) is 57.3 Å². The lowest BCUT2D eigenvalue weighted by molar-refractivity contribution is -0.120. The summed E-state index contributed by atoms with van der Waals surface area (Å²) in [4.78, 5) is 35.7. The maximum atomic E-state index is 12.0. The van der Waals surface area contributed by atoms with Gasteiger partial charge < -0.3 is 5.32 Å². The van der Waals surface area contributed by atoms with E-state index >= 15 is 0 Å². The molecule has 120 valence electrons. The van der Waals surface area contributed by atoms with Crippen LogP contribution in [-0.4, -0.2) is 24.3 Å². The van der Waals surface area contributed by atoms with Crippen LogP contribution in [0.5, 0.6) is 0 Å². The molecule has 2 aromatic rings. The van der Waals surface area contributed by atoms with Gasteiger partial charge in [0.15, 0.2) is 0 Å². The van der Waals surface area contributed by atoms with Gasteiger partial charge in [0.2, 0.25) is 0 Å². The summed E-state index contributed by atoms with van der Waals surface area (Å²) in [5.41, 5.74) is 7.12. The standard InChI is InChI=1S/C16H17N3O3S/c1-10-5-6-12(8-11(10)2)15(21)17-9-14(20)18-19-16(22)13-4-3-7-23-13/h3-8H,9H2,1-2H3,(H,17,21)(H,18,20)(H,19,22). The minimum Gasteiger partial charge on any atom is -0.343 e. The molecule has 0 saturated carbocycles. The van der Waals surface area contributed by atoms with E-state index in [0.29, 0.717) is 10.4 Å². The van der Waals surface area contributed by atoms with Gasteiger partial charge in [-0.25, -0.2) is 0 Å². The highest BCUT2D eigenvalue weighted by molar-refractivity contribution is 7.12. The molecule has 0 aliphatic rings. The molecule has 0 aliphatic carbocycles. The molecule has 0 saturated heterocycles. The number of hydrogen-bond acceptors (Lipinski definition) is 4. The molecule has 2 rings (SSSR count). The van der Waals surface area contributed by atoms with Crippen LogP contribution in [0.2, 0.25) is 0 Å². The maximum Gasteiger partial charge on any atom is 0.279 e. The van der Waals surface area contributed by atoms with Crippen molar-refractivity contribution in [1.29, 1.82) is 0 Å². The third-order valence-electron chi connectivity index (χ3n) is 3.24. The SMILES string of the molecule is Cc1ccc(C(=O)NCC(=O)NNC(=O)c2cccs2)cc1C. The van der Waals surface area contributed by atoms with E-state index in [1.54, 1.807) is 29.6 Å². The second-order valence-electron chi connectivity index (χ2n) is 4.96. The van der Waals surface area contributed by atoms with E-state index in [2.05, 4.69) is 16.2 Å². The van der Waals surface area contributed by atoms with Crippen LogP contribution >= 0.6 is 11.3 Å². The molecular formula is C16H17N3O3S. The van der Waals surface area contributed by atoms with Crippen molar-refractivity contribution in [3.63, 3.8) is 0 Å². The van der Waals surface area contributed by atoms with Crippen molar-refractivity contribution in [2.45, 2.75) is 13.8 Å². The van der Waals surface area contributed by atoms with Crippen LogP contribution in [0.1, 0.15) is 31.2 Å². The Morgan fingerprint density at radius 3 is 2.43 bits per heavy atom. The van der Waals surface area contributed by atoms with E-state index in [0.717, 1.165) is 11.1 Å². The molecule has 0 radical (unpaired) electrons. The summed E-state index contributed by atoms with van der Waals surface area (Å²) >= 11 is 1.27. The molecule has 1 aromatic carbocycles. The first-order valence-electron chi connectivity index (χ1n) is 6.95. The molecule has 7 heteroatoms. The Labute approximate surface area is 137 Å². The summed E-state index contributed by atoms with van der Waals surface area (Å²) in [6.45, 7) is 3.65. The second-order valence-corrected chi connectivity index (χ2v) is 5.91. The molecule has 0 aliphatic heterocycles. The number of thiophene rings is 1. The Hall–Kier alpha value is -2.67. The van der Waals surface area contributed by atoms with Crippen molar-refractivity contribution in [3.8, 4) is 0 Å². The molecule has 23 heavy (non-hydrogen) atoms. The summed E-state index contributed by atoms with van der Waals surface area (Å²) < 4.78 is 0. The van der Waals surface area contributed by atoms with Crippen molar-refractivity contribution in [2.24, 2.45) is 0 Å². The number of nitrogens with one attached hydrogen (secondary N) is 3. The van der Waals surface area contributed by atoms with Crippen LogP contribution in [0, 0.1) is 13.8 Å². The van der Waals surface area contributed by atoms with Crippen molar-refractivity contribution in [1.82, 2.24) is 16.2 Å². The molecule has 0 bridgehead atoms. The largest absolute Gasteiger partial charge is 0.343 e. The summed E-state index contributed by atoms with van der Waals surface area (Å²) in [6, 6.07) is 8.71. The van der Waals surface area contributed by atoms with Gasteiger partial charge in [0, 0.05) is 5.56 Å². The molecule has 1 heterocycles. The lowest BCUT2D eigenvalue weighted by Gasteiger charge is -2.08. The summed E-state index contributed by atoms with van der Waals surface area (Å²) in [6.07, 6.45) is 0. The first kappa shape index (κ1) is 16.7.